The third kappa shape index (κ3) is 3.86. The number of nitrogens with one attached hydrogen (secondary N) is 1. The van der Waals surface area contributed by atoms with E-state index in [2.05, 4.69) is 5.32 Å². The number of likely N-dealkylation sites (tertiary alicyclic amines) is 1. The van der Waals surface area contributed by atoms with Gasteiger partial charge in [0.15, 0.2) is 0 Å². The quantitative estimate of drug-likeness (QED) is 0.486. The Hall–Kier alpha value is -1.34. The second kappa shape index (κ2) is 6.41. The van der Waals surface area contributed by atoms with E-state index in [0.29, 0.717) is 25.6 Å². The molecule has 0 spiro atoms. The fourth-order valence-corrected chi connectivity index (χ4v) is 1.84. The molecule has 0 bridgehead atoms. The number of carbonyl (C=O) groups excluding carboxylic acids is 1. The summed E-state index contributed by atoms with van der Waals surface area (Å²) in [7, 11) is 0. The molecular formula is C10H19N3O4. The molecule has 1 heterocycles. The Labute approximate surface area is 99.6 Å². The van der Waals surface area contributed by atoms with Crippen molar-refractivity contribution in [3.63, 3.8) is 0 Å². The molecule has 0 radical (unpaired) electrons. The number of nitrogens with two attached hydrogens (primary N) is 1. The average molecular weight is 245 g/mol. The number of aliphatic hydroxyl groups excluding tert-OH is 1. The minimum atomic E-state index is -1.14. The van der Waals surface area contributed by atoms with Gasteiger partial charge in [0.05, 0.1) is 0 Å². The summed E-state index contributed by atoms with van der Waals surface area (Å²) in [5.74, 6) is -0.844. The normalized spacial score (nSPS) is 21.3. The van der Waals surface area contributed by atoms with Crippen LogP contribution in [0.25, 0.3) is 0 Å². The van der Waals surface area contributed by atoms with Crippen molar-refractivity contribution in [1.82, 2.24) is 10.2 Å². The largest absolute Gasteiger partial charge is 0.480 e. The molecule has 98 valence electrons. The third-order valence-electron chi connectivity index (χ3n) is 2.92. The molecule has 2 atom stereocenters. The molecule has 7 nitrogen and oxygen atoms in total. The molecule has 1 aliphatic rings. The van der Waals surface area contributed by atoms with Gasteiger partial charge in [-0.3, -0.25) is 0 Å². The minimum Gasteiger partial charge on any atom is -0.480 e. The smallest absolute Gasteiger partial charge is 0.326 e. The Morgan fingerprint density at radius 1 is 1.53 bits per heavy atom. The number of aliphatic hydroxyl groups is 1. The van der Waals surface area contributed by atoms with Gasteiger partial charge >= 0.3 is 12.0 Å². The van der Waals surface area contributed by atoms with E-state index in [4.69, 9.17) is 15.9 Å². The van der Waals surface area contributed by atoms with E-state index in [9.17, 15) is 9.59 Å². The molecule has 0 aromatic rings. The summed E-state index contributed by atoms with van der Waals surface area (Å²) in [4.78, 5) is 24.1. The van der Waals surface area contributed by atoms with Crippen LogP contribution in [0, 0.1) is 5.92 Å². The molecule has 0 aliphatic carbocycles. The van der Waals surface area contributed by atoms with Crippen LogP contribution in [0.4, 0.5) is 4.79 Å². The van der Waals surface area contributed by atoms with Gasteiger partial charge in [0.25, 0.3) is 0 Å². The molecule has 2 amide bonds. The molecule has 2 unspecified atom stereocenters. The summed E-state index contributed by atoms with van der Waals surface area (Å²) in [6, 6.07) is -1.44. The Morgan fingerprint density at radius 2 is 2.24 bits per heavy atom. The Morgan fingerprint density at radius 3 is 2.71 bits per heavy atom. The van der Waals surface area contributed by atoms with Crippen molar-refractivity contribution in [1.29, 1.82) is 0 Å². The van der Waals surface area contributed by atoms with Gasteiger partial charge in [0.1, 0.15) is 6.04 Å². The second-order valence-corrected chi connectivity index (χ2v) is 4.19. The maximum absolute atomic E-state index is 11.7. The fourth-order valence-electron chi connectivity index (χ4n) is 1.84. The molecule has 1 rings (SSSR count). The summed E-state index contributed by atoms with van der Waals surface area (Å²) in [6.45, 7) is 1.42. The predicted molar refractivity (Wildman–Crippen MR) is 60.4 cm³/mol. The van der Waals surface area contributed by atoms with Crippen LogP contribution in [0.3, 0.4) is 0 Å². The highest BCUT2D eigenvalue weighted by atomic mass is 16.4. The summed E-state index contributed by atoms with van der Waals surface area (Å²) < 4.78 is 0. The zero-order chi connectivity index (χ0) is 12.8. The summed E-state index contributed by atoms with van der Waals surface area (Å²) in [5.41, 5.74) is 5.51. The number of hydrogen-bond acceptors (Lipinski definition) is 4. The highest BCUT2D eigenvalue weighted by Crippen LogP contribution is 2.14. The standard InChI is InChI=1S/C10H19N3O4/c11-5-7-1-3-13(6-7)10(17)12-8(2-4-14)9(15)16/h7-8,14H,1-6,11H2,(H,12,17)(H,15,16). The van der Waals surface area contributed by atoms with Gasteiger partial charge in [-0.05, 0) is 18.9 Å². The maximum Gasteiger partial charge on any atom is 0.326 e. The zero-order valence-electron chi connectivity index (χ0n) is 9.63. The first-order valence-electron chi connectivity index (χ1n) is 5.67. The van der Waals surface area contributed by atoms with E-state index < -0.39 is 18.0 Å². The minimum absolute atomic E-state index is 0.00916. The summed E-state index contributed by atoms with van der Waals surface area (Å²) >= 11 is 0. The number of carboxylic acid groups (broad SMARTS) is 1. The monoisotopic (exact) mass is 245 g/mol. The molecule has 7 heteroatoms. The van der Waals surface area contributed by atoms with Crippen molar-refractivity contribution in [2.75, 3.05) is 26.2 Å². The number of urea groups is 1. The number of aliphatic carboxylic acids is 1. The number of nitrogens with zero attached hydrogens (tertiary/aromatic N) is 1. The van der Waals surface area contributed by atoms with Crippen LogP contribution >= 0.6 is 0 Å². The summed E-state index contributed by atoms with van der Waals surface area (Å²) in [6.07, 6.45) is 0.858. The highest BCUT2D eigenvalue weighted by Gasteiger charge is 2.28. The van der Waals surface area contributed by atoms with E-state index in [0.717, 1.165) is 6.42 Å². The van der Waals surface area contributed by atoms with Gasteiger partial charge in [-0.15, -0.1) is 0 Å². The number of carbonyl (C=O) groups is 2. The van der Waals surface area contributed by atoms with Gasteiger partial charge in [-0.2, -0.15) is 0 Å². The van der Waals surface area contributed by atoms with E-state index in [1.807, 2.05) is 0 Å². The van der Waals surface area contributed by atoms with Crippen molar-refractivity contribution in [3.05, 3.63) is 0 Å². The van der Waals surface area contributed by atoms with Crippen molar-refractivity contribution in [3.8, 4) is 0 Å². The van der Waals surface area contributed by atoms with Crippen LogP contribution in [0.2, 0.25) is 0 Å². The maximum atomic E-state index is 11.7. The lowest BCUT2D eigenvalue weighted by molar-refractivity contribution is -0.139. The molecule has 0 saturated carbocycles. The topological polar surface area (TPSA) is 116 Å². The van der Waals surface area contributed by atoms with Crippen LogP contribution in [0.1, 0.15) is 12.8 Å². The Kier molecular flexibility index (Phi) is 5.17. The van der Waals surface area contributed by atoms with Gasteiger partial charge in [0.2, 0.25) is 0 Å². The van der Waals surface area contributed by atoms with Crippen LogP contribution in [-0.2, 0) is 4.79 Å². The first-order chi connectivity index (χ1) is 8.08. The molecule has 5 N–H and O–H groups in total. The van der Waals surface area contributed by atoms with E-state index in [-0.39, 0.29) is 13.0 Å². The first kappa shape index (κ1) is 13.7. The molecule has 0 aromatic carbocycles. The highest BCUT2D eigenvalue weighted by molar-refractivity contribution is 5.82. The van der Waals surface area contributed by atoms with Gasteiger partial charge in [-0.25, -0.2) is 9.59 Å². The van der Waals surface area contributed by atoms with Gasteiger partial charge in [0, 0.05) is 26.1 Å². The molecular weight excluding hydrogens is 226 g/mol. The number of rotatable bonds is 5. The summed E-state index contributed by atoms with van der Waals surface area (Å²) in [5, 5.41) is 19.9. The second-order valence-electron chi connectivity index (χ2n) is 4.19. The third-order valence-corrected chi connectivity index (χ3v) is 2.92. The fraction of sp³-hybridized carbons (Fsp3) is 0.800. The lowest BCUT2D eigenvalue weighted by Crippen LogP contribution is -2.47. The zero-order valence-corrected chi connectivity index (χ0v) is 9.63. The average Bonchev–Trinajstić information content (AvgIpc) is 2.76. The van der Waals surface area contributed by atoms with E-state index in [1.165, 1.54) is 0 Å². The van der Waals surface area contributed by atoms with Crippen molar-refractivity contribution >= 4 is 12.0 Å². The Balaban J connectivity index is 2.45. The Bertz CT molecular complexity index is 285. The lowest BCUT2D eigenvalue weighted by Gasteiger charge is -2.20. The SMILES string of the molecule is NCC1CCN(C(=O)NC(CCO)C(=O)O)C1. The van der Waals surface area contributed by atoms with Crippen molar-refractivity contribution in [2.45, 2.75) is 18.9 Å². The number of carboxylic acids is 1. The molecule has 1 saturated heterocycles. The van der Waals surface area contributed by atoms with Crippen LogP contribution in [0.5, 0.6) is 0 Å². The lowest BCUT2D eigenvalue weighted by atomic mass is 10.1. The van der Waals surface area contributed by atoms with E-state index in [1.54, 1.807) is 4.90 Å². The number of amides is 2. The van der Waals surface area contributed by atoms with Crippen LogP contribution in [0.15, 0.2) is 0 Å². The van der Waals surface area contributed by atoms with E-state index >= 15 is 0 Å². The molecule has 17 heavy (non-hydrogen) atoms. The van der Waals surface area contributed by atoms with Gasteiger partial charge in [-0.1, -0.05) is 0 Å². The van der Waals surface area contributed by atoms with Crippen molar-refractivity contribution < 1.29 is 19.8 Å². The van der Waals surface area contributed by atoms with Crippen molar-refractivity contribution in [2.24, 2.45) is 11.7 Å². The molecule has 0 aromatic heterocycles. The number of hydrogen-bond donors (Lipinski definition) is 4. The predicted octanol–water partition coefficient (Wildman–Crippen LogP) is -1.19. The van der Waals surface area contributed by atoms with Crippen LogP contribution < -0.4 is 11.1 Å². The molecule has 1 fully saturated rings. The van der Waals surface area contributed by atoms with Gasteiger partial charge < -0.3 is 26.2 Å². The molecule has 1 aliphatic heterocycles. The first-order valence-corrected chi connectivity index (χ1v) is 5.67. The van der Waals surface area contributed by atoms with Crippen LogP contribution in [-0.4, -0.2) is 59.4 Å².